The van der Waals surface area contributed by atoms with Gasteiger partial charge in [0.1, 0.15) is 16.6 Å². The van der Waals surface area contributed by atoms with Gasteiger partial charge < -0.3 is 10.1 Å². The molecule has 0 aromatic carbocycles. The van der Waals surface area contributed by atoms with E-state index in [0.717, 1.165) is 22.8 Å². The zero-order valence-electron chi connectivity index (χ0n) is 13.9. The van der Waals surface area contributed by atoms with Crippen molar-refractivity contribution >= 4 is 40.4 Å². The van der Waals surface area contributed by atoms with Crippen molar-refractivity contribution in [3.63, 3.8) is 0 Å². The Morgan fingerprint density at radius 2 is 2.24 bits per heavy atom. The summed E-state index contributed by atoms with van der Waals surface area (Å²) in [7, 11) is 0. The molecule has 0 bridgehead atoms. The van der Waals surface area contributed by atoms with Crippen LogP contribution in [0.4, 0.5) is 17.3 Å². The highest BCUT2D eigenvalue weighted by Crippen LogP contribution is 2.33. The number of aromatic amines is 1. The van der Waals surface area contributed by atoms with Gasteiger partial charge in [-0.1, -0.05) is 0 Å². The molecule has 0 unspecified atom stereocenters. The van der Waals surface area contributed by atoms with E-state index in [1.54, 1.807) is 11.3 Å². The Balaban J connectivity index is 1.69. The highest BCUT2D eigenvalue weighted by Gasteiger charge is 2.12. The van der Waals surface area contributed by atoms with Gasteiger partial charge in [0, 0.05) is 22.9 Å². The Hall–Kier alpha value is -2.50. The van der Waals surface area contributed by atoms with E-state index in [4.69, 9.17) is 11.3 Å². The standard InChI is InChI=1S/C17H17N5OS2/c1-11-8-14(19-15-9-12(2)21-22-15)20-17(16(11)18-3)25-7-5-23-13-4-6-24-10-13/h4,6,8-10H,5,7H2,1-2H3,(H2,19,20,21,22). The fourth-order valence-corrected chi connectivity index (χ4v) is 3.62. The highest BCUT2D eigenvalue weighted by molar-refractivity contribution is 7.99. The quantitative estimate of drug-likeness (QED) is 0.349. The number of aromatic nitrogens is 3. The van der Waals surface area contributed by atoms with Gasteiger partial charge in [-0.05, 0) is 36.9 Å². The van der Waals surface area contributed by atoms with Crippen LogP contribution in [0, 0.1) is 20.4 Å². The van der Waals surface area contributed by atoms with E-state index in [2.05, 4.69) is 25.3 Å². The largest absolute Gasteiger partial charge is 0.492 e. The number of hydrogen-bond acceptors (Lipinski definition) is 6. The second-order valence-corrected chi connectivity index (χ2v) is 7.17. The first kappa shape index (κ1) is 17.3. The summed E-state index contributed by atoms with van der Waals surface area (Å²) in [4.78, 5) is 8.20. The van der Waals surface area contributed by atoms with Gasteiger partial charge in [-0.3, -0.25) is 5.10 Å². The average Bonchev–Trinajstić information content (AvgIpc) is 3.23. The molecule has 3 aromatic rings. The van der Waals surface area contributed by atoms with Gasteiger partial charge in [0.2, 0.25) is 5.69 Å². The Morgan fingerprint density at radius 3 is 2.92 bits per heavy atom. The van der Waals surface area contributed by atoms with Crippen LogP contribution in [0.15, 0.2) is 34.0 Å². The Kier molecular flexibility index (Phi) is 5.58. The predicted octanol–water partition coefficient (Wildman–Crippen LogP) is 4.95. The second kappa shape index (κ2) is 8.05. The van der Waals surface area contributed by atoms with Crippen LogP contribution in [-0.4, -0.2) is 27.5 Å². The third-order valence-corrected chi connectivity index (χ3v) is 4.90. The predicted molar refractivity (Wildman–Crippen MR) is 102 cm³/mol. The van der Waals surface area contributed by atoms with Crippen molar-refractivity contribution in [2.24, 2.45) is 0 Å². The molecule has 0 saturated carbocycles. The molecule has 0 saturated heterocycles. The summed E-state index contributed by atoms with van der Waals surface area (Å²) in [5.41, 5.74) is 2.45. The minimum atomic E-state index is 0.565. The first-order chi connectivity index (χ1) is 12.2. The zero-order valence-corrected chi connectivity index (χ0v) is 15.5. The number of nitrogens with one attached hydrogen (secondary N) is 2. The molecule has 6 nitrogen and oxygen atoms in total. The summed E-state index contributed by atoms with van der Waals surface area (Å²) in [5.74, 6) is 2.98. The van der Waals surface area contributed by atoms with Crippen molar-refractivity contribution in [3.05, 3.63) is 51.6 Å². The van der Waals surface area contributed by atoms with E-state index < -0.39 is 0 Å². The number of ether oxygens (including phenoxy) is 1. The zero-order chi connectivity index (χ0) is 17.6. The number of rotatable bonds is 7. The Bertz CT molecular complexity index is 883. The van der Waals surface area contributed by atoms with Crippen LogP contribution < -0.4 is 10.1 Å². The van der Waals surface area contributed by atoms with E-state index in [-0.39, 0.29) is 0 Å². The third kappa shape index (κ3) is 4.53. The summed E-state index contributed by atoms with van der Waals surface area (Å²) in [5, 5.41) is 14.9. The molecular weight excluding hydrogens is 354 g/mol. The second-order valence-electron chi connectivity index (χ2n) is 5.31. The molecular formula is C17H17N5OS2. The molecule has 128 valence electrons. The molecule has 0 fully saturated rings. The Labute approximate surface area is 154 Å². The van der Waals surface area contributed by atoms with Gasteiger partial charge in [-0.25, -0.2) is 9.83 Å². The topological polar surface area (TPSA) is 67.2 Å². The number of H-pyrrole nitrogens is 1. The summed E-state index contributed by atoms with van der Waals surface area (Å²) < 4.78 is 5.65. The average molecular weight is 371 g/mol. The lowest BCUT2D eigenvalue weighted by Gasteiger charge is -2.10. The van der Waals surface area contributed by atoms with E-state index in [1.807, 2.05) is 42.8 Å². The minimum Gasteiger partial charge on any atom is -0.492 e. The highest BCUT2D eigenvalue weighted by atomic mass is 32.2. The smallest absolute Gasteiger partial charge is 0.221 e. The van der Waals surface area contributed by atoms with Crippen LogP contribution in [0.3, 0.4) is 0 Å². The molecule has 0 radical (unpaired) electrons. The number of thioether (sulfide) groups is 1. The lowest BCUT2D eigenvalue weighted by atomic mass is 10.2. The van der Waals surface area contributed by atoms with Crippen molar-refractivity contribution in [1.82, 2.24) is 15.2 Å². The lowest BCUT2D eigenvalue weighted by molar-refractivity contribution is 0.345. The van der Waals surface area contributed by atoms with E-state index in [9.17, 15) is 0 Å². The summed E-state index contributed by atoms with van der Waals surface area (Å²) >= 11 is 3.13. The number of nitrogens with zero attached hydrogens (tertiary/aromatic N) is 3. The van der Waals surface area contributed by atoms with Crippen LogP contribution in [0.1, 0.15) is 11.3 Å². The molecule has 0 amide bonds. The van der Waals surface area contributed by atoms with Crippen molar-refractivity contribution in [2.45, 2.75) is 18.9 Å². The molecule has 0 atom stereocenters. The van der Waals surface area contributed by atoms with Crippen molar-refractivity contribution in [2.75, 3.05) is 17.7 Å². The SMILES string of the molecule is [C-]#[N+]c1c(C)cc(Nc2cc(C)[nH]n2)nc1SCCOc1ccsc1. The molecule has 3 aromatic heterocycles. The number of hydrogen-bond donors (Lipinski definition) is 2. The summed E-state index contributed by atoms with van der Waals surface area (Å²) in [6.07, 6.45) is 0. The van der Waals surface area contributed by atoms with Gasteiger partial charge in [0.25, 0.3) is 0 Å². The van der Waals surface area contributed by atoms with Gasteiger partial charge in [0.15, 0.2) is 5.82 Å². The van der Waals surface area contributed by atoms with Crippen LogP contribution in [0.25, 0.3) is 4.85 Å². The maximum absolute atomic E-state index is 7.42. The monoisotopic (exact) mass is 371 g/mol. The molecule has 8 heteroatoms. The van der Waals surface area contributed by atoms with Crippen molar-refractivity contribution < 1.29 is 4.74 Å². The van der Waals surface area contributed by atoms with E-state index in [1.165, 1.54) is 11.8 Å². The molecule has 0 aliphatic carbocycles. The maximum atomic E-state index is 7.42. The lowest BCUT2D eigenvalue weighted by Crippen LogP contribution is -2.01. The first-order valence-electron chi connectivity index (χ1n) is 7.61. The van der Waals surface area contributed by atoms with Crippen molar-refractivity contribution in [1.29, 1.82) is 0 Å². The van der Waals surface area contributed by atoms with Crippen molar-refractivity contribution in [3.8, 4) is 5.75 Å². The van der Waals surface area contributed by atoms with E-state index >= 15 is 0 Å². The van der Waals surface area contributed by atoms with Crippen LogP contribution in [0.2, 0.25) is 0 Å². The molecule has 0 aliphatic heterocycles. The number of aryl methyl sites for hydroxylation is 2. The number of pyridine rings is 1. The molecule has 2 N–H and O–H groups in total. The summed E-state index contributed by atoms with van der Waals surface area (Å²) in [6.45, 7) is 11.8. The van der Waals surface area contributed by atoms with Crippen LogP contribution >= 0.6 is 23.1 Å². The van der Waals surface area contributed by atoms with Crippen LogP contribution in [0.5, 0.6) is 5.75 Å². The molecule has 3 rings (SSSR count). The van der Waals surface area contributed by atoms with Gasteiger partial charge in [-0.2, -0.15) is 5.10 Å². The molecule has 0 aliphatic rings. The van der Waals surface area contributed by atoms with Gasteiger partial charge in [0.05, 0.1) is 13.2 Å². The Morgan fingerprint density at radius 1 is 1.36 bits per heavy atom. The van der Waals surface area contributed by atoms with Crippen LogP contribution in [-0.2, 0) is 0 Å². The molecule has 25 heavy (non-hydrogen) atoms. The molecule has 3 heterocycles. The third-order valence-electron chi connectivity index (χ3n) is 3.31. The fraction of sp³-hybridized carbons (Fsp3) is 0.235. The number of anilines is 2. The summed E-state index contributed by atoms with van der Waals surface area (Å²) in [6, 6.07) is 5.71. The molecule has 0 spiro atoms. The minimum absolute atomic E-state index is 0.565. The first-order valence-corrected chi connectivity index (χ1v) is 9.54. The maximum Gasteiger partial charge on any atom is 0.221 e. The normalized spacial score (nSPS) is 10.4. The fourth-order valence-electron chi connectivity index (χ4n) is 2.18. The van der Waals surface area contributed by atoms with Gasteiger partial charge >= 0.3 is 0 Å². The number of thiophene rings is 1. The van der Waals surface area contributed by atoms with Gasteiger partial charge in [-0.15, -0.1) is 23.1 Å². The van der Waals surface area contributed by atoms with E-state index in [0.29, 0.717) is 29.0 Å².